The Morgan fingerprint density at radius 3 is 2.67 bits per heavy atom. The zero-order valence-corrected chi connectivity index (χ0v) is 14.2. The van der Waals surface area contributed by atoms with Gasteiger partial charge in [-0.05, 0) is 19.1 Å². The molecule has 2 heterocycles. The van der Waals surface area contributed by atoms with Crippen molar-refractivity contribution >= 4 is 16.8 Å². The van der Waals surface area contributed by atoms with Crippen molar-refractivity contribution < 1.29 is 13.6 Å². The van der Waals surface area contributed by atoms with E-state index in [4.69, 9.17) is 6.42 Å². The van der Waals surface area contributed by atoms with E-state index in [-0.39, 0.29) is 22.9 Å². The van der Waals surface area contributed by atoms with Crippen LogP contribution >= 0.6 is 0 Å². The van der Waals surface area contributed by atoms with Crippen LogP contribution in [0.5, 0.6) is 0 Å². The Hall–Kier alpha value is -3.60. The number of fused-ring (bicyclic) bond motifs is 1. The minimum Gasteiger partial charge on any atom is -0.346 e. The predicted octanol–water partition coefficient (Wildman–Crippen LogP) is 2.00. The number of amides is 1. The van der Waals surface area contributed by atoms with Crippen LogP contribution in [-0.4, -0.2) is 20.9 Å². The third-order valence-corrected chi connectivity index (χ3v) is 3.91. The van der Waals surface area contributed by atoms with Crippen molar-refractivity contribution in [2.75, 3.05) is 0 Å². The zero-order valence-electron chi connectivity index (χ0n) is 14.2. The number of halogens is 2. The van der Waals surface area contributed by atoms with Gasteiger partial charge in [-0.1, -0.05) is 5.92 Å². The topological polar surface area (TPSA) is 87.7 Å². The molecule has 1 aromatic carbocycles. The molecule has 3 aromatic rings. The van der Waals surface area contributed by atoms with Crippen molar-refractivity contribution in [1.82, 2.24) is 20.3 Å². The summed E-state index contributed by atoms with van der Waals surface area (Å²) in [5, 5.41) is 2.69. The van der Waals surface area contributed by atoms with Crippen molar-refractivity contribution in [3.63, 3.8) is 0 Å². The van der Waals surface area contributed by atoms with Crippen LogP contribution in [0.1, 0.15) is 29.9 Å². The number of pyridine rings is 1. The first kappa shape index (κ1) is 18.2. The lowest BCUT2D eigenvalue weighted by atomic mass is 10.1. The number of nitrogens with one attached hydrogen (secondary N) is 2. The number of aromatic nitrogens is 3. The van der Waals surface area contributed by atoms with Gasteiger partial charge in [-0.3, -0.25) is 9.59 Å². The molecule has 136 valence electrons. The number of H-pyrrole nitrogens is 1. The average Bonchev–Trinajstić information content (AvgIpc) is 2.62. The second-order valence-corrected chi connectivity index (χ2v) is 5.91. The molecule has 6 nitrogen and oxygen atoms in total. The minimum atomic E-state index is -0.821. The molecule has 0 bridgehead atoms. The summed E-state index contributed by atoms with van der Waals surface area (Å²) >= 11 is 0. The summed E-state index contributed by atoms with van der Waals surface area (Å²) in [5.74, 6) is 0.654. The second-order valence-electron chi connectivity index (χ2n) is 5.91. The van der Waals surface area contributed by atoms with Gasteiger partial charge in [-0.25, -0.2) is 18.7 Å². The highest BCUT2D eigenvalue weighted by Gasteiger charge is 2.15. The highest BCUT2D eigenvalue weighted by Crippen LogP contribution is 2.17. The number of hydrogen-bond donors (Lipinski definition) is 2. The number of nitrogens with zero attached hydrogens (tertiary/aromatic N) is 2. The molecule has 0 aliphatic rings. The van der Waals surface area contributed by atoms with Crippen LogP contribution in [0.3, 0.4) is 0 Å². The van der Waals surface area contributed by atoms with E-state index in [1.807, 2.05) is 0 Å². The average molecular weight is 368 g/mol. The molecule has 0 aliphatic carbocycles. The Morgan fingerprint density at radius 2 is 2.00 bits per heavy atom. The fraction of sp³-hybridized carbons (Fsp3) is 0.158. The van der Waals surface area contributed by atoms with Gasteiger partial charge in [0.2, 0.25) is 5.91 Å². The Bertz CT molecular complexity index is 1120. The first-order chi connectivity index (χ1) is 12.9. The molecule has 1 amide bonds. The number of aromatic amines is 1. The number of carbonyl (C=O) groups excluding carboxylic acids is 1. The number of benzene rings is 1. The molecular weight excluding hydrogens is 354 g/mol. The van der Waals surface area contributed by atoms with Crippen LogP contribution in [0.4, 0.5) is 8.78 Å². The van der Waals surface area contributed by atoms with E-state index < -0.39 is 29.1 Å². The maximum absolute atomic E-state index is 13.9. The van der Waals surface area contributed by atoms with Crippen molar-refractivity contribution in [3.8, 4) is 12.3 Å². The van der Waals surface area contributed by atoms with Crippen LogP contribution < -0.4 is 10.9 Å². The van der Waals surface area contributed by atoms with Gasteiger partial charge in [0.05, 0.1) is 23.5 Å². The summed E-state index contributed by atoms with van der Waals surface area (Å²) in [6.45, 7) is 1.68. The van der Waals surface area contributed by atoms with Gasteiger partial charge >= 0.3 is 0 Å². The molecule has 1 atom stereocenters. The molecule has 2 aromatic heterocycles. The largest absolute Gasteiger partial charge is 0.346 e. The smallest absolute Gasteiger partial charge is 0.252 e. The van der Waals surface area contributed by atoms with Gasteiger partial charge < -0.3 is 10.3 Å². The van der Waals surface area contributed by atoms with E-state index >= 15 is 0 Å². The summed E-state index contributed by atoms with van der Waals surface area (Å²) in [7, 11) is 0. The lowest BCUT2D eigenvalue weighted by Gasteiger charge is -2.12. The van der Waals surface area contributed by atoms with Crippen LogP contribution in [0.15, 0.2) is 35.4 Å². The summed E-state index contributed by atoms with van der Waals surface area (Å²) < 4.78 is 27.1. The lowest BCUT2D eigenvalue weighted by Crippen LogP contribution is -2.31. The fourth-order valence-electron chi connectivity index (χ4n) is 2.57. The third kappa shape index (κ3) is 3.98. The maximum atomic E-state index is 13.9. The van der Waals surface area contributed by atoms with Gasteiger partial charge in [-0.15, -0.1) is 6.42 Å². The van der Waals surface area contributed by atoms with Gasteiger partial charge in [0, 0.05) is 29.4 Å². The second kappa shape index (κ2) is 7.33. The van der Waals surface area contributed by atoms with Gasteiger partial charge in [0.25, 0.3) is 5.56 Å². The number of hydrogen-bond acceptors (Lipinski definition) is 4. The van der Waals surface area contributed by atoms with Crippen molar-refractivity contribution in [1.29, 1.82) is 0 Å². The molecule has 3 rings (SSSR count). The Kier molecular flexibility index (Phi) is 4.94. The molecular formula is C19H14F2N4O2. The van der Waals surface area contributed by atoms with Gasteiger partial charge in [0.1, 0.15) is 17.5 Å². The molecule has 0 saturated carbocycles. The standard InChI is InChI=1S/C19H14F2N4O2/c1-3-11-8-22-18(23-9-11)10(2)24-17(26)5-12-4-14-15(21)6-13(20)7-16(14)25-19(12)27/h1,4,6-10H,5H2,2H3,(H,24,26)(H,25,27)/t10-/m1/s1. The van der Waals surface area contributed by atoms with Crippen LogP contribution in [0, 0.1) is 24.0 Å². The van der Waals surface area contributed by atoms with Crippen molar-refractivity contribution in [2.24, 2.45) is 0 Å². The van der Waals surface area contributed by atoms with Crippen molar-refractivity contribution in [3.05, 3.63) is 69.5 Å². The van der Waals surface area contributed by atoms with E-state index in [1.165, 1.54) is 18.5 Å². The summed E-state index contributed by atoms with van der Waals surface area (Å²) in [5.41, 5.74) is 0.00157. The van der Waals surface area contributed by atoms with E-state index in [2.05, 4.69) is 26.2 Å². The Labute approximate surface area is 152 Å². The zero-order chi connectivity index (χ0) is 19.6. The minimum absolute atomic E-state index is 0.0250. The van der Waals surface area contributed by atoms with Crippen LogP contribution in [0.2, 0.25) is 0 Å². The van der Waals surface area contributed by atoms with Crippen LogP contribution in [-0.2, 0) is 11.2 Å². The maximum Gasteiger partial charge on any atom is 0.252 e. The molecule has 27 heavy (non-hydrogen) atoms. The van der Waals surface area contributed by atoms with E-state index in [0.717, 1.165) is 6.07 Å². The summed E-state index contributed by atoms with van der Waals surface area (Å²) in [4.78, 5) is 34.9. The van der Waals surface area contributed by atoms with E-state index in [1.54, 1.807) is 6.92 Å². The fourth-order valence-corrected chi connectivity index (χ4v) is 2.57. The molecule has 2 N–H and O–H groups in total. The highest BCUT2D eigenvalue weighted by molar-refractivity contribution is 5.83. The Balaban J connectivity index is 1.78. The highest BCUT2D eigenvalue weighted by atomic mass is 19.1. The normalized spacial score (nSPS) is 11.8. The quantitative estimate of drug-likeness (QED) is 0.690. The Morgan fingerprint density at radius 1 is 1.30 bits per heavy atom. The van der Waals surface area contributed by atoms with E-state index in [0.29, 0.717) is 17.5 Å². The predicted molar refractivity (Wildman–Crippen MR) is 94.7 cm³/mol. The first-order valence-electron chi connectivity index (χ1n) is 7.96. The molecule has 0 aliphatic heterocycles. The lowest BCUT2D eigenvalue weighted by molar-refractivity contribution is -0.121. The summed E-state index contributed by atoms with van der Waals surface area (Å²) in [6.07, 6.45) is 7.87. The molecule has 0 fully saturated rings. The van der Waals surface area contributed by atoms with Gasteiger partial charge in [0.15, 0.2) is 0 Å². The monoisotopic (exact) mass is 368 g/mol. The molecule has 0 saturated heterocycles. The number of carbonyl (C=O) groups is 1. The van der Waals surface area contributed by atoms with Crippen molar-refractivity contribution in [2.45, 2.75) is 19.4 Å². The van der Waals surface area contributed by atoms with Crippen LogP contribution in [0.25, 0.3) is 10.9 Å². The molecule has 0 radical (unpaired) electrons. The summed E-state index contributed by atoms with van der Waals surface area (Å²) in [6, 6.07) is 2.45. The number of rotatable bonds is 4. The van der Waals surface area contributed by atoms with Gasteiger partial charge in [-0.2, -0.15) is 0 Å². The molecule has 0 unspecified atom stereocenters. The SMILES string of the molecule is C#Cc1cnc([C@@H](C)NC(=O)Cc2cc3c(F)cc(F)cc3[nH]c2=O)nc1. The molecule has 0 spiro atoms. The third-order valence-electron chi connectivity index (χ3n) is 3.91. The van der Waals surface area contributed by atoms with E-state index in [9.17, 15) is 18.4 Å². The number of terminal acetylenes is 1. The molecule has 8 heteroatoms. The first-order valence-corrected chi connectivity index (χ1v) is 7.96.